The molecule has 0 aliphatic carbocycles. The number of aromatic nitrogens is 4. The average molecular weight is 798 g/mol. The molecule has 1 saturated heterocycles. The normalized spacial score (nSPS) is 15.1. The van der Waals surface area contributed by atoms with Crippen molar-refractivity contribution in [3.8, 4) is 28.5 Å². The predicted octanol–water partition coefficient (Wildman–Crippen LogP) is 7.10. The number of methoxy groups -OCH3 is 1. The topological polar surface area (TPSA) is 185 Å². The summed E-state index contributed by atoms with van der Waals surface area (Å²) in [5, 5.41) is 10.9. The van der Waals surface area contributed by atoms with E-state index in [1.54, 1.807) is 47.7 Å². The SMILES string of the molecule is C=CC(=O)N1CCCC(n2nc(-c3ccc(Oc4ccccc4)cc3)c3c(NC(=O)OCc4ccc(OP(=O)(COC)NCC(=O)OC(C)C)cc4)ncnc32)C1. The van der Waals surface area contributed by atoms with Crippen LogP contribution in [0.2, 0.25) is 0 Å². The van der Waals surface area contributed by atoms with E-state index in [9.17, 15) is 18.9 Å². The van der Waals surface area contributed by atoms with Crippen molar-refractivity contribution in [1.82, 2.24) is 29.7 Å². The van der Waals surface area contributed by atoms with E-state index in [-0.39, 0.29) is 49.1 Å². The van der Waals surface area contributed by atoms with Gasteiger partial charge in [0, 0.05) is 25.8 Å². The minimum atomic E-state index is -3.62. The largest absolute Gasteiger partial charge is 0.462 e. The number of hydrogen-bond donors (Lipinski definition) is 2. The van der Waals surface area contributed by atoms with Crippen molar-refractivity contribution in [1.29, 1.82) is 0 Å². The number of fused-ring (bicyclic) bond motifs is 1. The Balaban J connectivity index is 1.19. The maximum atomic E-state index is 13.3. The van der Waals surface area contributed by atoms with Gasteiger partial charge in [-0.3, -0.25) is 19.5 Å². The highest BCUT2D eigenvalue weighted by atomic mass is 31.2. The van der Waals surface area contributed by atoms with Crippen LogP contribution in [0.25, 0.3) is 22.3 Å². The van der Waals surface area contributed by atoms with Crippen LogP contribution in [0, 0.1) is 0 Å². The second-order valence-electron chi connectivity index (χ2n) is 13.3. The van der Waals surface area contributed by atoms with Gasteiger partial charge < -0.3 is 28.4 Å². The number of rotatable bonds is 16. The molecule has 17 heteroatoms. The van der Waals surface area contributed by atoms with Gasteiger partial charge in [0.1, 0.15) is 48.8 Å². The number of para-hydroxylation sites is 1. The molecule has 5 aromatic rings. The van der Waals surface area contributed by atoms with Gasteiger partial charge in [0.15, 0.2) is 11.5 Å². The first-order chi connectivity index (χ1) is 27.5. The fourth-order valence-electron chi connectivity index (χ4n) is 6.18. The zero-order valence-corrected chi connectivity index (χ0v) is 32.7. The summed E-state index contributed by atoms with van der Waals surface area (Å²) in [6, 6.07) is 23.0. The van der Waals surface area contributed by atoms with Gasteiger partial charge in [-0.2, -0.15) is 5.10 Å². The van der Waals surface area contributed by atoms with E-state index >= 15 is 0 Å². The number of hydrogen-bond acceptors (Lipinski definition) is 12. The van der Waals surface area contributed by atoms with Crippen LogP contribution in [0.15, 0.2) is 97.8 Å². The van der Waals surface area contributed by atoms with Crippen molar-refractivity contribution in [2.75, 3.05) is 38.4 Å². The Bertz CT molecular complexity index is 2230. The number of ether oxygens (including phenoxy) is 4. The summed E-state index contributed by atoms with van der Waals surface area (Å²) in [7, 11) is -2.25. The lowest BCUT2D eigenvalue weighted by molar-refractivity contribution is -0.145. The number of esters is 1. The van der Waals surface area contributed by atoms with Crippen LogP contribution < -0.4 is 19.7 Å². The molecule has 2 unspecified atom stereocenters. The fourth-order valence-corrected chi connectivity index (χ4v) is 7.56. The van der Waals surface area contributed by atoms with E-state index in [4.69, 9.17) is 28.6 Å². The molecule has 2 aromatic heterocycles. The van der Waals surface area contributed by atoms with Gasteiger partial charge in [-0.1, -0.05) is 36.9 Å². The number of amides is 2. The third-order valence-electron chi connectivity index (χ3n) is 8.72. The summed E-state index contributed by atoms with van der Waals surface area (Å²) < 4.78 is 42.5. The molecule has 3 heterocycles. The third kappa shape index (κ3) is 10.6. The molecule has 0 saturated carbocycles. The summed E-state index contributed by atoms with van der Waals surface area (Å²) in [4.78, 5) is 48.5. The summed E-state index contributed by atoms with van der Waals surface area (Å²) in [6.45, 7) is 7.66. The Labute approximate surface area is 329 Å². The predicted molar refractivity (Wildman–Crippen MR) is 212 cm³/mol. The Morgan fingerprint density at radius 1 is 0.982 bits per heavy atom. The number of likely N-dealkylation sites (tertiary alicyclic amines) is 1. The summed E-state index contributed by atoms with van der Waals surface area (Å²) in [5.41, 5.74) is 2.34. The fraction of sp³-hybridized carbons (Fsp3) is 0.300. The Kier molecular flexibility index (Phi) is 13.3. The third-order valence-corrected chi connectivity index (χ3v) is 10.5. The van der Waals surface area contributed by atoms with Gasteiger partial charge in [0.05, 0.1) is 17.5 Å². The Hall–Kier alpha value is -6.09. The number of piperidine rings is 1. The molecule has 1 aliphatic rings. The maximum absolute atomic E-state index is 13.3. The van der Waals surface area contributed by atoms with Gasteiger partial charge in [0.25, 0.3) is 0 Å². The minimum absolute atomic E-state index is 0.112. The van der Waals surface area contributed by atoms with Gasteiger partial charge in [-0.05, 0) is 86.9 Å². The van der Waals surface area contributed by atoms with Crippen molar-refractivity contribution >= 4 is 42.3 Å². The molecule has 1 fully saturated rings. The number of carbonyl (C=O) groups is 3. The van der Waals surface area contributed by atoms with Crippen LogP contribution in [0.4, 0.5) is 10.6 Å². The molecule has 0 bridgehead atoms. The van der Waals surface area contributed by atoms with Gasteiger partial charge in [-0.25, -0.2) is 24.5 Å². The first kappa shape index (κ1) is 40.6. The highest BCUT2D eigenvalue weighted by Crippen LogP contribution is 2.43. The van der Waals surface area contributed by atoms with Crippen molar-refractivity contribution in [2.45, 2.75) is 45.4 Å². The standard InChI is InChI=1S/C40H44N7O9P/c1-5-34(48)46-21-9-10-30(23-46)47-39-36(37(45-47)29-15-19-32(20-16-29)55-31-11-7-6-8-12-31)38(41-25-42-39)44-40(50)53-24-28-13-17-33(18-14-28)56-57(51,26-52-4)43-22-35(49)54-27(2)3/h5-8,11-20,25,27,30H,1,9-10,21-24,26H2,2-4H3,(H,43,51)(H,41,42,44,50). The monoisotopic (exact) mass is 797 g/mol. The number of carbonyl (C=O) groups excluding carboxylic acids is 3. The van der Waals surface area contributed by atoms with E-state index in [0.717, 1.165) is 18.4 Å². The van der Waals surface area contributed by atoms with Crippen LogP contribution >= 0.6 is 7.52 Å². The summed E-state index contributed by atoms with van der Waals surface area (Å²) in [6.07, 6.45) is 2.79. The van der Waals surface area contributed by atoms with Gasteiger partial charge in [-0.15, -0.1) is 0 Å². The lowest BCUT2D eigenvalue weighted by Gasteiger charge is -2.32. The van der Waals surface area contributed by atoms with Gasteiger partial charge in [0.2, 0.25) is 5.91 Å². The molecule has 0 radical (unpaired) electrons. The molecule has 2 amide bonds. The molecule has 16 nitrogen and oxygen atoms in total. The second kappa shape index (κ2) is 18.7. The number of nitrogens with one attached hydrogen (secondary N) is 2. The molecular weight excluding hydrogens is 753 g/mol. The van der Waals surface area contributed by atoms with E-state index in [0.29, 0.717) is 46.9 Å². The van der Waals surface area contributed by atoms with Crippen molar-refractivity contribution in [3.05, 3.63) is 103 Å². The lowest BCUT2D eigenvalue weighted by Crippen LogP contribution is -2.40. The molecule has 2 N–H and O–H groups in total. The highest BCUT2D eigenvalue weighted by molar-refractivity contribution is 7.57. The zero-order chi connectivity index (χ0) is 40.4. The lowest BCUT2D eigenvalue weighted by atomic mass is 10.1. The Morgan fingerprint density at radius 3 is 2.40 bits per heavy atom. The summed E-state index contributed by atoms with van der Waals surface area (Å²) in [5.74, 6) is 1.02. The number of nitrogens with zero attached hydrogens (tertiary/aromatic N) is 5. The maximum Gasteiger partial charge on any atom is 0.413 e. The van der Waals surface area contributed by atoms with E-state index in [1.807, 2.05) is 54.6 Å². The average Bonchev–Trinajstić information content (AvgIpc) is 3.61. The van der Waals surface area contributed by atoms with Crippen LogP contribution in [0.1, 0.15) is 38.3 Å². The first-order valence-corrected chi connectivity index (χ1v) is 20.1. The molecular formula is C40H44N7O9P. The molecule has 57 heavy (non-hydrogen) atoms. The number of anilines is 1. The molecule has 0 spiro atoms. The van der Waals surface area contributed by atoms with Crippen molar-refractivity contribution < 1.29 is 42.4 Å². The smallest absolute Gasteiger partial charge is 0.413 e. The van der Waals surface area contributed by atoms with Crippen LogP contribution in [0.3, 0.4) is 0 Å². The zero-order valence-electron chi connectivity index (χ0n) is 31.8. The summed E-state index contributed by atoms with van der Waals surface area (Å²) >= 11 is 0. The molecule has 3 aromatic carbocycles. The van der Waals surface area contributed by atoms with Crippen LogP contribution in [0.5, 0.6) is 17.2 Å². The van der Waals surface area contributed by atoms with Crippen LogP contribution in [-0.2, 0) is 35.0 Å². The molecule has 1 aliphatic heterocycles. The van der Waals surface area contributed by atoms with E-state index < -0.39 is 19.6 Å². The van der Waals surface area contributed by atoms with Crippen molar-refractivity contribution in [3.63, 3.8) is 0 Å². The second-order valence-corrected chi connectivity index (χ2v) is 15.4. The minimum Gasteiger partial charge on any atom is -0.462 e. The van der Waals surface area contributed by atoms with Crippen LogP contribution in [-0.4, -0.2) is 81.8 Å². The van der Waals surface area contributed by atoms with Crippen molar-refractivity contribution in [2.24, 2.45) is 0 Å². The quantitative estimate of drug-likeness (QED) is 0.0586. The van der Waals surface area contributed by atoms with E-state index in [1.165, 1.54) is 19.5 Å². The van der Waals surface area contributed by atoms with Gasteiger partial charge >= 0.3 is 19.6 Å². The van der Waals surface area contributed by atoms with E-state index in [2.05, 4.69) is 27.0 Å². The first-order valence-electron chi connectivity index (χ1n) is 18.3. The molecule has 6 rings (SSSR count). The molecule has 2 atom stereocenters. The highest BCUT2D eigenvalue weighted by Gasteiger charge is 2.29. The Morgan fingerprint density at radius 2 is 1.70 bits per heavy atom. The molecule has 298 valence electrons. The number of benzene rings is 3.